The molecule has 10 heterocycles. The first-order chi connectivity index (χ1) is 68.8. The van der Waals surface area contributed by atoms with Gasteiger partial charge in [-0.1, -0.05) is 0 Å². The molecule has 0 aromatic rings. The van der Waals surface area contributed by atoms with Gasteiger partial charge in [-0.25, -0.2) is 27.8 Å². The van der Waals surface area contributed by atoms with Crippen LogP contribution in [0.1, 0.15) is 12.8 Å². The van der Waals surface area contributed by atoms with Gasteiger partial charge in [0.25, 0.3) is 11.6 Å². The zero-order chi connectivity index (χ0) is 110. The summed E-state index contributed by atoms with van der Waals surface area (Å²) in [5, 5.41) is 383. The van der Waals surface area contributed by atoms with Crippen LogP contribution in [0.15, 0.2) is 0 Å². The highest BCUT2D eigenvalue weighted by molar-refractivity contribution is 7.61. The van der Waals surface area contributed by atoms with E-state index in [0.29, 0.717) is 0 Å². The van der Waals surface area contributed by atoms with Crippen molar-refractivity contribution in [1.29, 1.82) is 0 Å². The first kappa shape index (κ1) is 126. The minimum absolute atomic E-state index is 0.497. The summed E-state index contributed by atoms with van der Waals surface area (Å²) in [5.74, 6) is -12.8. The molecule has 10 fully saturated rings. The number of hydrogen-bond acceptors (Lipinski definition) is 65. The van der Waals surface area contributed by atoms with Crippen LogP contribution in [-0.4, -0.2) is 627 Å². The Hall–Kier alpha value is -2.70. The van der Waals surface area contributed by atoms with Crippen LogP contribution in [0.2, 0.25) is 0 Å². The van der Waals surface area contributed by atoms with Gasteiger partial charge in [-0.05, 0) is 0 Å². The minimum atomic E-state index is -6.79. The van der Waals surface area contributed by atoms with E-state index in [1.54, 1.807) is 0 Å². The molecule has 0 spiro atoms. The third-order valence-corrected chi connectivity index (χ3v) is 29.0. The van der Waals surface area contributed by atoms with E-state index in [4.69, 9.17) is 115 Å². The van der Waals surface area contributed by atoms with Crippen molar-refractivity contribution in [2.75, 3.05) is 92.4 Å². The molecule has 76 heteroatoms. The zero-order valence-electron chi connectivity index (χ0n) is 75.8. The maximum Gasteiger partial charge on any atom is 0.481 e. The predicted octanol–water partition coefficient (Wildman–Crippen LogP) is -24.6. The summed E-state index contributed by atoms with van der Waals surface area (Å²) in [7, 11) is -25.0. The molecule has 10 rings (SSSR count). The summed E-state index contributed by atoms with van der Waals surface area (Å²) >= 11 is 0. The standard InChI is InChI=1S/C71H126N2O70P4/c72-1-3-120-145(113,114)140-28(15-82)50-29(88)17(83)5-71(139-50,69(107)108)137-22-6-70(109,68(105)106)138-49(20(86)9-76)51(22)130-64-45(104)55(58(47(128-64)19(85)8-75)142-147(117,118)143-146(115,116)121-4-2-73)134-65-44(103)54(57(141-144(110,111)112)48(129-65)21(87)16-119-60-40(99)37(96)39(98)46(127-60)18(84)7-74)133-63-43(102)52(33(92)26(13-80)124-63)131-67-59(53(34(93)27(14-81)126-67)132-61-41(100)35(94)30(89)23(10-77)122-61)136-66-56(38(97)32(91)25(12-79)125-66)135-62-42(101)36(95)31(90)24(11-78)123-62/h17-67,74-104,109H,1-16,72-73H2,(H,105,106)(H,107,108)(H,113,114)(H,115,116)(H,117,118)(H2,110,111,112)/t17-,18+,19+,20-,21+,22-,23-,24-,25-,26-,27-,28-,29-,30-,31+,32+,33-,34-,35+,36+,37+,38+,39+,40+,41-,42-,43-,44+,45+,46-,47-,48-,49-,50-,51-,52+,53+,54-,55-,56-,57-,58-,59-,60+,61+,62-,63-,64-,65-,66-,67-,70-,71-/m1/s1. The summed E-state index contributed by atoms with van der Waals surface area (Å²) in [5.41, 5.74) is 10.7. The normalized spacial score (nSPS) is 46.0. The van der Waals surface area contributed by atoms with Gasteiger partial charge < -0.3 is 300 Å². The summed E-state index contributed by atoms with van der Waals surface area (Å²) in [6.07, 6.45) is -141. The molecule has 0 aliphatic carbocycles. The van der Waals surface area contributed by atoms with Crippen molar-refractivity contribution >= 4 is 43.2 Å². The van der Waals surface area contributed by atoms with Crippen molar-refractivity contribution in [2.24, 2.45) is 11.5 Å². The van der Waals surface area contributed by atoms with Crippen LogP contribution in [0.5, 0.6) is 0 Å². The number of nitrogens with two attached hydrogens (primary N) is 2. The fraction of sp³-hybridized carbons (Fsp3) is 0.972. The molecule has 0 bridgehead atoms. The van der Waals surface area contributed by atoms with Crippen molar-refractivity contribution in [1.82, 2.24) is 0 Å². The average Bonchev–Trinajstić information content (AvgIpc) is 0.745. The van der Waals surface area contributed by atoms with Gasteiger partial charge in [0.2, 0.25) is 0 Å². The highest BCUT2D eigenvalue weighted by Crippen LogP contribution is 2.62. The summed E-state index contributed by atoms with van der Waals surface area (Å²) < 4.78 is 194. The number of phosphoric ester groups is 4. The number of carboxylic acids is 2. The molecule has 0 amide bonds. The van der Waals surface area contributed by atoms with Gasteiger partial charge in [-0.3, -0.25) is 22.6 Å². The maximum atomic E-state index is 14.4. The molecule has 10 saturated heterocycles. The molecule has 56 atom stereocenters. The van der Waals surface area contributed by atoms with E-state index < -0.39 is 473 Å². The molecule has 3 unspecified atom stereocenters. The molecule has 10 aliphatic rings. The Morgan fingerprint density at radius 1 is 0.340 bits per heavy atom. The number of ether oxygens (including phenoxy) is 19. The van der Waals surface area contributed by atoms with Crippen molar-refractivity contribution in [2.45, 2.75) is 337 Å². The average molecular weight is 2250 g/mol. The minimum Gasteiger partial charge on any atom is -0.477 e. The van der Waals surface area contributed by atoms with Crippen molar-refractivity contribution in [3.8, 4) is 0 Å². The van der Waals surface area contributed by atoms with Gasteiger partial charge in [0.05, 0.1) is 91.5 Å². The largest absolute Gasteiger partial charge is 0.481 e. The van der Waals surface area contributed by atoms with E-state index in [1.165, 1.54) is 0 Å². The van der Waals surface area contributed by atoms with Gasteiger partial charge in [-0.2, -0.15) is 4.31 Å². The smallest absolute Gasteiger partial charge is 0.477 e. The fourth-order valence-corrected chi connectivity index (χ4v) is 20.9. The van der Waals surface area contributed by atoms with E-state index in [-0.39, 0.29) is 0 Å². The Morgan fingerprint density at radius 3 is 1.18 bits per heavy atom. The third kappa shape index (κ3) is 29.3. The summed E-state index contributed by atoms with van der Waals surface area (Å²) in [4.78, 5) is 81.5. The molecule has 43 N–H and O–H groups in total. The SMILES string of the molecule is NCCOP(=O)(O)O[C@H](CO)[C@H]1O[C@@](O[C@@H]2C[C@](O)(C(=O)O)O[C@H]([C@H](O)CO)[C@@H]2O[C@H]2O[C@H]([C@@H](O)CO)[C@@H](OP(=O)(O)OP(=O)(O)OCCN)[C@H](O[C@H]3O[C@H]([C@@H](O)CO[C@H]4O[C@H]([C@@H](O)CO)[C@@H](O)[C@H](O)[C@@H]4O)[C@@H](OP(=O)(O)O)[C@H](O[C@H]4O[C@H](CO)[C@@H](O)[C@H](O[C@H]5O[C@H](CO)[C@@H](O)[C@H](O[C@@H]6O[C@H](CO)[C@@H](O)[C@H](O)[C@H]6O)[C@H]5O[C@H]5O[C@H](CO)[C@H](O)[C@H](O)[C@H]5O[C@H]5O[C@H](CO)[C@H](O)[C@H](O)[C@H]5O)[C@H]4O)[C@@H]3O)[C@@H]2O)(C(=O)O)C[C@@H](O)[C@H]1O. The van der Waals surface area contributed by atoms with Gasteiger partial charge in [-0.15, -0.1) is 0 Å². The number of carboxylic acid groups (broad SMARTS) is 2. The highest BCUT2D eigenvalue weighted by atomic mass is 31.3. The lowest BCUT2D eigenvalue weighted by Crippen LogP contribution is -2.71. The number of aliphatic hydroxyl groups excluding tert-OH is 31. The molecule has 147 heavy (non-hydrogen) atoms. The molecule has 0 aromatic heterocycles. The second-order valence-corrected chi connectivity index (χ2v) is 40.5. The summed E-state index contributed by atoms with van der Waals surface area (Å²) in [6.45, 7) is -18.0. The first-order valence-electron chi connectivity index (χ1n) is 44.4. The van der Waals surface area contributed by atoms with E-state index in [0.717, 1.165) is 0 Å². The van der Waals surface area contributed by atoms with Crippen molar-refractivity contribution in [3.05, 3.63) is 0 Å². The number of rotatable bonds is 49. The van der Waals surface area contributed by atoms with Gasteiger partial charge in [0.1, 0.15) is 250 Å². The molecule has 72 nitrogen and oxygen atoms in total. The fourth-order valence-electron chi connectivity index (χ4n) is 17.2. The van der Waals surface area contributed by atoms with Crippen LogP contribution in [0.4, 0.5) is 0 Å². The lowest BCUT2D eigenvalue weighted by molar-refractivity contribution is -0.419. The molecule has 10 aliphatic heterocycles. The number of phosphoric acid groups is 4. The molecule has 0 radical (unpaired) electrons. The Morgan fingerprint density at radius 2 is 0.714 bits per heavy atom. The Kier molecular flexibility index (Phi) is 45.7. The Bertz CT molecular complexity index is 4270. The molecule has 0 saturated carbocycles. The highest BCUT2D eigenvalue weighted by Gasteiger charge is 2.67. The van der Waals surface area contributed by atoms with Gasteiger partial charge >= 0.3 is 43.2 Å². The van der Waals surface area contributed by atoms with Crippen LogP contribution >= 0.6 is 31.3 Å². The maximum absolute atomic E-state index is 14.4. The van der Waals surface area contributed by atoms with Crippen molar-refractivity contribution < 1.29 is 343 Å². The van der Waals surface area contributed by atoms with Crippen LogP contribution in [0.3, 0.4) is 0 Å². The number of aliphatic hydroxyl groups is 32. The van der Waals surface area contributed by atoms with Gasteiger partial charge in [0.15, 0.2) is 50.3 Å². The topological polar surface area (TPSA) is 1170 Å². The predicted molar refractivity (Wildman–Crippen MR) is 439 cm³/mol. The third-order valence-electron chi connectivity index (χ3n) is 24.7. The second kappa shape index (κ2) is 53.3. The Labute approximate surface area is 824 Å². The van der Waals surface area contributed by atoms with Crippen LogP contribution < -0.4 is 11.5 Å². The van der Waals surface area contributed by atoms with Crippen LogP contribution in [0.25, 0.3) is 0 Å². The van der Waals surface area contributed by atoms with Gasteiger partial charge in [0, 0.05) is 25.9 Å². The Balaban J connectivity index is 1.12. The quantitative estimate of drug-likeness (QED) is 0.0252. The second-order valence-electron chi connectivity index (χ2n) is 34.9. The van der Waals surface area contributed by atoms with E-state index in [1.807, 2.05) is 0 Å². The molecular weight excluding hydrogens is 2120 g/mol. The number of carbonyl (C=O) groups is 2. The molecule has 0 aromatic carbocycles. The number of hydrogen-bond donors (Lipinski definition) is 41. The van der Waals surface area contributed by atoms with E-state index in [2.05, 4.69) is 13.4 Å². The zero-order valence-corrected chi connectivity index (χ0v) is 79.4. The van der Waals surface area contributed by atoms with E-state index in [9.17, 15) is 226 Å². The lowest BCUT2D eigenvalue weighted by atomic mass is 9.89. The molecular formula is C71H126N2O70P4. The van der Waals surface area contributed by atoms with E-state index >= 15 is 0 Å². The van der Waals surface area contributed by atoms with Crippen LogP contribution in [0, 0.1) is 0 Å². The monoisotopic (exact) mass is 2250 g/mol. The summed E-state index contributed by atoms with van der Waals surface area (Å²) in [6, 6.07) is 0. The first-order valence-corrected chi connectivity index (χ1v) is 50.4. The molecule has 860 valence electrons. The van der Waals surface area contributed by atoms with Crippen LogP contribution in [-0.2, 0) is 145 Å². The van der Waals surface area contributed by atoms with Crippen molar-refractivity contribution in [3.63, 3.8) is 0 Å². The number of aliphatic carboxylic acids is 2. The lowest BCUT2D eigenvalue weighted by Gasteiger charge is -2.52.